The Bertz CT molecular complexity index is 1340. The summed E-state index contributed by atoms with van der Waals surface area (Å²) in [6.45, 7) is 9.91. The normalized spacial score (nSPS) is 40.8. The van der Waals surface area contributed by atoms with Crippen molar-refractivity contribution in [2.75, 3.05) is 33.4 Å². The van der Waals surface area contributed by atoms with E-state index in [1.54, 1.807) is 30.3 Å². The molecule has 0 aromatic carbocycles. The summed E-state index contributed by atoms with van der Waals surface area (Å²) in [5, 5.41) is 23.5. The summed E-state index contributed by atoms with van der Waals surface area (Å²) in [7, 11) is 1.65. The molecule has 1 unspecified atom stereocenters. The number of methoxy groups -OCH3 is 1. The molecule has 7 rings (SSSR count). The third-order valence-corrected chi connectivity index (χ3v) is 13.7. The monoisotopic (exact) mass is 611 g/mol. The average Bonchev–Trinajstić information content (AvgIpc) is 3.52. The number of fused-ring (bicyclic) bond motifs is 1. The predicted molar refractivity (Wildman–Crippen MR) is 167 cm³/mol. The van der Waals surface area contributed by atoms with E-state index in [2.05, 4.69) is 32.1 Å². The number of carbonyl (C=O) groups is 2. The minimum absolute atomic E-state index is 0.0428. The third-order valence-electron chi connectivity index (χ3n) is 12.7. The molecular formula is C35H49NO6S. The first-order valence-corrected chi connectivity index (χ1v) is 17.1. The van der Waals surface area contributed by atoms with E-state index in [1.807, 2.05) is 19.1 Å². The van der Waals surface area contributed by atoms with E-state index >= 15 is 0 Å². The van der Waals surface area contributed by atoms with Crippen LogP contribution in [0.1, 0.15) is 86.7 Å². The molecule has 8 heteroatoms. The van der Waals surface area contributed by atoms with E-state index in [-0.39, 0.29) is 47.7 Å². The maximum Gasteiger partial charge on any atom is 0.409 e. The average molecular weight is 612 g/mol. The maximum absolute atomic E-state index is 14.6. The topological polar surface area (TPSA) is 96.3 Å². The van der Waals surface area contributed by atoms with Crippen LogP contribution in [0.2, 0.25) is 0 Å². The Kier molecular flexibility index (Phi) is 7.80. The zero-order valence-electron chi connectivity index (χ0n) is 26.5. The van der Waals surface area contributed by atoms with E-state index < -0.39 is 22.5 Å². The van der Waals surface area contributed by atoms with Crippen LogP contribution >= 0.6 is 11.3 Å². The van der Waals surface area contributed by atoms with Crippen LogP contribution in [0.15, 0.2) is 35.9 Å². The number of nitrogens with zero attached hydrogens (tertiary/aromatic N) is 1. The molecule has 6 aliphatic rings. The van der Waals surface area contributed by atoms with Crippen molar-refractivity contribution in [1.29, 1.82) is 0 Å². The molecule has 6 aliphatic carbocycles. The molecule has 1 amide bonds. The number of rotatable bonds is 9. The van der Waals surface area contributed by atoms with Gasteiger partial charge in [0.2, 0.25) is 0 Å². The molecule has 2 bridgehead atoms. The molecule has 236 valence electrons. The quantitative estimate of drug-likeness (QED) is 0.193. The van der Waals surface area contributed by atoms with Crippen molar-refractivity contribution in [2.45, 2.75) is 90.8 Å². The van der Waals surface area contributed by atoms with Crippen molar-refractivity contribution in [3.8, 4) is 0 Å². The number of aryl methyl sites for hydroxylation is 1. The van der Waals surface area contributed by atoms with E-state index in [0.717, 1.165) is 47.4 Å². The van der Waals surface area contributed by atoms with Gasteiger partial charge in [0, 0.05) is 47.0 Å². The minimum atomic E-state index is -1.12. The second-order valence-corrected chi connectivity index (χ2v) is 15.8. The Labute approximate surface area is 260 Å². The highest BCUT2D eigenvalue weighted by atomic mass is 32.1. The van der Waals surface area contributed by atoms with Crippen LogP contribution in [0.3, 0.4) is 0 Å². The number of ether oxygens (including phenoxy) is 2. The summed E-state index contributed by atoms with van der Waals surface area (Å²) in [6, 6.07) is 3.97. The van der Waals surface area contributed by atoms with Gasteiger partial charge in [-0.2, -0.15) is 0 Å². The van der Waals surface area contributed by atoms with Crippen LogP contribution in [-0.4, -0.2) is 72.1 Å². The van der Waals surface area contributed by atoms with Crippen molar-refractivity contribution < 1.29 is 29.3 Å². The van der Waals surface area contributed by atoms with Crippen LogP contribution in [-0.2, 0) is 9.47 Å². The Morgan fingerprint density at radius 3 is 2.49 bits per heavy atom. The largest absolute Gasteiger partial charge is 0.450 e. The maximum atomic E-state index is 14.6. The van der Waals surface area contributed by atoms with Gasteiger partial charge < -0.3 is 24.6 Å². The number of ketones is 1. The van der Waals surface area contributed by atoms with Crippen LogP contribution in [0.5, 0.6) is 0 Å². The number of aliphatic hydroxyl groups is 2. The Morgan fingerprint density at radius 1 is 1.07 bits per heavy atom. The van der Waals surface area contributed by atoms with Gasteiger partial charge in [-0.25, -0.2) is 4.79 Å². The number of aliphatic hydroxyl groups excluding tert-OH is 1. The SMILES string of the molecule is CCOC(=O)N(CCCOC)C[C@]1(O)CC[C@H]2[C@]34C=C[C@@]5(C=C3C(=O)c3ccc(C)s3)CC(O)CC[C@]5(C)[C@H]4CC[C@@]21C. The third kappa shape index (κ3) is 4.37. The number of amides is 1. The lowest BCUT2D eigenvalue weighted by Gasteiger charge is -2.71. The van der Waals surface area contributed by atoms with Gasteiger partial charge in [0.25, 0.3) is 0 Å². The smallest absolute Gasteiger partial charge is 0.409 e. The molecule has 0 saturated heterocycles. The Morgan fingerprint density at radius 2 is 1.79 bits per heavy atom. The highest BCUT2D eigenvalue weighted by Crippen LogP contribution is 2.78. The van der Waals surface area contributed by atoms with Crippen molar-refractivity contribution in [1.82, 2.24) is 4.90 Å². The fourth-order valence-electron chi connectivity index (χ4n) is 10.5. The van der Waals surface area contributed by atoms with Gasteiger partial charge in [-0.15, -0.1) is 11.3 Å². The first-order chi connectivity index (χ1) is 20.4. The second-order valence-electron chi connectivity index (χ2n) is 14.5. The molecule has 0 radical (unpaired) electrons. The number of hydrogen-bond acceptors (Lipinski definition) is 7. The first kappa shape index (κ1) is 31.0. The number of Topliss-reactive ketones (excluding diaryl/α,β-unsaturated/α-hetero) is 1. The summed E-state index contributed by atoms with van der Waals surface area (Å²) in [4.78, 5) is 31.2. The van der Waals surface area contributed by atoms with Gasteiger partial charge in [0.15, 0.2) is 5.78 Å². The van der Waals surface area contributed by atoms with Crippen LogP contribution in [0.4, 0.5) is 4.79 Å². The second kappa shape index (κ2) is 10.8. The number of allylic oxidation sites excluding steroid dienone is 4. The molecule has 1 heterocycles. The Balaban J connectivity index is 1.43. The zero-order chi connectivity index (χ0) is 30.8. The molecule has 2 N–H and O–H groups in total. The molecule has 1 aromatic rings. The van der Waals surface area contributed by atoms with E-state index in [4.69, 9.17) is 9.47 Å². The molecule has 43 heavy (non-hydrogen) atoms. The molecule has 3 fully saturated rings. The van der Waals surface area contributed by atoms with Gasteiger partial charge in [0.05, 0.1) is 29.7 Å². The van der Waals surface area contributed by atoms with Crippen molar-refractivity contribution in [3.63, 3.8) is 0 Å². The molecule has 3 saturated carbocycles. The molecule has 2 spiro atoms. The van der Waals surface area contributed by atoms with Gasteiger partial charge >= 0.3 is 6.09 Å². The summed E-state index contributed by atoms with van der Waals surface area (Å²) in [5.41, 5.74) is -1.68. The fraction of sp³-hybridized carbons (Fsp3) is 0.714. The number of hydrogen-bond donors (Lipinski definition) is 2. The van der Waals surface area contributed by atoms with E-state index in [1.165, 1.54) is 0 Å². The van der Waals surface area contributed by atoms with Gasteiger partial charge in [-0.05, 0) is 94.6 Å². The van der Waals surface area contributed by atoms with Crippen LogP contribution in [0, 0.1) is 40.4 Å². The first-order valence-electron chi connectivity index (χ1n) is 16.3. The van der Waals surface area contributed by atoms with Crippen molar-refractivity contribution >= 4 is 23.2 Å². The van der Waals surface area contributed by atoms with Gasteiger partial charge in [-0.1, -0.05) is 32.1 Å². The lowest BCUT2D eigenvalue weighted by molar-refractivity contribution is -0.175. The molecule has 7 nitrogen and oxygen atoms in total. The minimum Gasteiger partial charge on any atom is -0.450 e. The summed E-state index contributed by atoms with van der Waals surface area (Å²) in [5.74, 6) is 0.383. The van der Waals surface area contributed by atoms with Crippen molar-refractivity contribution in [3.05, 3.63) is 45.7 Å². The molecule has 8 atom stereocenters. The molecule has 1 aromatic heterocycles. The van der Waals surface area contributed by atoms with E-state index in [0.29, 0.717) is 32.4 Å². The van der Waals surface area contributed by atoms with Crippen molar-refractivity contribution in [2.24, 2.45) is 33.5 Å². The standard InChI is InChI=1S/C35H49NO6S/c1-6-42-30(39)36(18-7-19-41-5)22-34(40)15-12-28-32(34,4)14-11-27-31(3)13-10-24(37)20-33(31)16-17-35(27,28)25(21-33)29(38)26-9-8-23(2)43-26/h8-9,16-17,21,24,27-28,37,40H,6-7,10-15,18-20,22H2,1-5H3/t24?,27-,28-,31-,32+,33+,34-,35-/m1/s1. The fourth-order valence-corrected chi connectivity index (χ4v) is 11.3. The zero-order valence-corrected chi connectivity index (χ0v) is 27.3. The lowest BCUT2D eigenvalue weighted by Crippen LogP contribution is -2.67. The van der Waals surface area contributed by atoms with Crippen LogP contribution in [0.25, 0.3) is 0 Å². The highest BCUT2D eigenvalue weighted by molar-refractivity contribution is 7.14. The highest BCUT2D eigenvalue weighted by Gasteiger charge is 2.74. The van der Waals surface area contributed by atoms with Gasteiger partial charge in [0.1, 0.15) is 0 Å². The lowest BCUT2D eigenvalue weighted by atomic mass is 9.32. The predicted octanol–water partition coefficient (Wildman–Crippen LogP) is 6.33. The summed E-state index contributed by atoms with van der Waals surface area (Å²) >= 11 is 1.55. The van der Waals surface area contributed by atoms with Crippen LogP contribution < -0.4 is 0 Å². The Hall–Kier alpha value is -2.00. The molecular weight excluding hydrogens is 562 g/mol. The number of carbonyl (C=O) groups excluding carboxylic acids is 2. The summed E-state index contributed by atoms with van der Waals surface area (Å²) in [6.07, 6.45) is 12.3. The number of thiophene rings is 1. The van der Waals surface area contributed by atoms with Gasteiger partial charge in [-0.3, -0.25) is 4.79 Å². The van der Waals surface area contributed by atoms with E-state index in [9.17, 15) is 19.8 Å². The molecule has 0 aliphatic heterocycles. The summed E-state index contributed by atoms with van der Waals surface area (Å²) < 4.78 is 10.7.